The van der Waals surface area contributed by atoms with Gasteiger partial charge < -0.3 is 43.4 Å². The zero-order valence-corrected chi connectivity index (χ0v) is 43.5. The van der Waals surface area contributed by atoms with E-state index in [0.29, 0.717) is 44.6 Å². The Hall–Kier alpha value is -3.57. The van der Waals surface area contributed by atoms with Crippen molar-refractivity contribution in [2.45, 2.75) is 138 Å². The average Bonchev–Trinajstić information content (AvgIpc) is 3.16. The molecule has 2 heterocycles. The Kier molecular flexibility index (Phi) is 22.4. The Morgan fingerprint density at radius 1 is 0.446 bits per heavy atom. The number of rotatable bonds is 3. The lowest BCUT2D eigenvalue weighted by molar-refractivity contribution is 0.0102. The normalized spacial score (nSPS) is 18.5. The molecule has 17 heteroatoms. The minimum atomic E-state index is -0.731. The van der Waals surface area contributed by atoms with Crippen molar-refractivity contribution in [1.29, 1.82) is 0 Å². The molecule has 2 aliphatic heterocycles. The molecule has 1 aromatic carbocycles. The van der Waals surface area contributed by atoms with Crippen molar-refractivity contribution in [2.75, 3.05) is 102 Å². The summed E-state index contributed by atoms with van der Waals surface area (Å²) in [6, 6.07) is 7.84. The Morgan fingerprint density at radius 2 is 0.800 bits per heavy atom. The molecule has 0 unspecified atom stereocenters. The van der Waals surface area contributed by atoms with Crippen molar-refractivity contribution >= 4 is 53.8 Å². The second-order valence-corrected chi connectivity index (χ2v) is 23.2. The van der Waals surface area contributed by atoms with Gasteiger partial charge in [-0.2, -0.15) is 23.5 Å². The number of thioether (sulfide) groups is 2. The van der Waals surface area contributed by atoms with Gasteiger partial charge in [-0.1, -0.05) is 12.1 Å². The third kappa shape index (κ3) is 23.1. The Labute approximate surface area is 399 Å². The van der Waals surface area contributed by atoms with E-state index in [1.165, 1.54) is 0 Å². The van der Waals surface area contributed by atoms with Crippen LogP contribution in [0.5, 0.6) is 0 Å². The molecule has 0 spiro atoms. The predicted molar refractivity (Wildman–Crippen MR) is 262 cm³/mol. The quantitative estimate of drug-likeness (QED) is 0.267. The number of amides is 5. The van der Waals surface area contributed by atoms with E-state index in [9.17, 15) is 24.0 Å². The summed E-state index contributed by atoms with van der Waals surface area (Å²) in [7, 11) is 0. The van der Waals surface area contributed by atoms with Crippen molar-refractivity contribution in [2.24, 2.45) is 0 Å². The van der Waals surface area contributed by atoms with Gasteiger partial charge in [-0.3, -0.25) is 9.69 Å². The SMILES string of the molecule is CC(C)(C)OC(=O)N1CCSCCCN(Cc2cccc(C(=O)N3CCCN(C(=O)OC(C)(C)C)CCN(C(=O)OC(C)(C)C)CCCN(C(=O)OC(C)(C)C)CC3)c2)CCCSCC1. The molecule has 5 amide bonds. The highest BCUT2D eigenvalue weighted by Crippen LogP contribution is 2.19. The number of hydrogen-bond donors (Lipinski definition) is 0. The molecule has 0 radical (unpaired) electrons. The summed E-state index contributed by atoms with van der Waals surface area (Å²) in [6.07, 6.45) is 1.13. The summed E-state index contributed by atoms with van der Waals surface area (Å²) in [4.78, 5) is 78.8. The first kappa shape index (κ1) is 55.8. The molecule has 0 aliphatic carbocycles. The smallest absolute Gasteiger partial charge is 0.410 e. The lowest BCUT2D eigenvalue weighted by Gasteiger charge is -2.34. The van der Waals surface area contributed by atoms with Gasteiger partial charge in [0.1, 0.15) is 22.4 Å². The van der Waals surface area contributed by atoms with E-state index in [2.05, 4.69) is 11.0 Å². The van der Waals surface area contributed by atoms with Crippen LogP contribution in [0.4, 0.5) is 19.2 Å². The molecule has 65 heavy (non-hydrogen) atoms. The van der Waals surface area contributed by atoms with Crippen molar-refractivity contribution in [3.8, 4) is 0 Å². The molecular weight excluding hydrogens is 869 g/mol. The third-order valence-electron chi connectivity index (χ3n) is 10.0. The fourth-order valence-corrected chi connectivity index (χ4v) is 8.81. The molecule has 0 atom stereocenters. The maximum Gasteiger partial charge on any atom is 0.410 e. The largest absolute Gasteiger partial charge is 0.444 e. The molecule has 1 aromatic rings. The van der Waals surface area contributed by atoms with Crippen LogP contribution in [-0.4, -0.2) is 184 Å². The summed E-state index contributed by atoms with van der Waals surface area (Å²) >= 11 is 3.71. The van der Waals surface area contributed by atoms with Crippen molar-refractivity contribution in [3.63, 3.8) is 0 Å². The van der Waals surface area contributed by atoms with E-state index in [1.807, 2.05) is 130 Å². The van der Waals surface area contributed by atoms with Crippen LogP contribution in [0.15, 0.2) is 24.3 Å². The van der Waals surface area contributed by atoms with Gasteiger partial charge in [0.25, 0.3) is 5.91 Å². The zero-order valence-electron chi connectivity index (χ0n) is 41.8. The van der Waals surface area contributed by atoms with Gasteiger partial charge in [0.05, 0.1) is 0 Å². The van der Waals surface area contributed by atoms with E-state index in [-0.39, 0.29) is 57.8 Å². The molecule has 370 valence electrons. The maximum absolute atomic E-state index is 14.5. The van der Waals surface area contributed by atoms with E-state index in [1.54, 1.807) is 19.6 Å². The monoisotopic (exact) mass is 951 g/mol. The number of carbonyl (C=O) groups excluding carboxylic acids is 5. The van der Waals surface area contributed by atoms with Crippen LogP contribution in [-0.2, 0) is 25.5 Å². The summed E-state index contributed by atoms with van der Waals surface area (Å²) in [5.41, 5.74) is -1.09. The molecule has 15 nitrogen and oxygen atoms in total. The Balaban J connectivity index is 1.81. The molecule has 2 fully saturated rings. The Bertz CT molecular complexity index is 1660. The van der Waals surface area contributed by atoms with Crippen molar-refractivity contribution in [3.05, 3.63) is 35.4 Å². The number of benzene rings is 1. The molecule has 2 aliphatic rings. The topological polar surface area (TPSA) is 142 Å². The third-order valence-corrected chi connectivity index (χ3v) is 12.1. The van der Waals surface area contributed by atoms with Gasteiger partial charge in [-0.15, -0.1) is 0 Å². The van der Waals surface area contributed by atoms with Crippen LogP contribution in [0.25, 0.3) is 0 Å². The zero-order chi connectivity index (χ0) is 48.4. The highest BCUT2D eigenvalue weighted by Gasteiger charge is 2.29. The van der Waals surface area contributed by atoms with Crippen LogP contribution in [0.2, 0.25) is 0 Å². The lowest BCUT2D eigenvalue weighted by Crippen LogP contribution is -2.48. The first-order chi connectivity index (χ1) is 30.3. The summed E-state index contributed by atoms with van der Waals surface area (Å²) in [5, 5.41) is 0. The molecular formula is C48H82N6O9S2. The molecule has 0 aromatic heterocycles. The number of ether oxygens (including phenoxy) is 4. The van der Waals surface area contributed by atoms with Gasteiger partial charge in [-0.25, -0.2) is 19.2 Å². The molecule has 2 saturated heterocycles. The van der Waals surface area contributed by atoms with Crippen LogP contribution < -0.4 is 0 Å². The van der Waals surface area contributed by atoms with Gasteiger partial charge in [0.2, 0.25) is 0 Å². The first-order valence-corrected chi connectivity index (χ1v) is 25.8. The van der Waals surface area contributed by atoms with E-state index >= 15 is 0 Å². The average molecular weight is 951 g/mol. The second kappa shape index (κ2) is 26.1. The maximum atomic E-state index is 14.5. The molecule has 0 saturated carbocycles. The van der Waals surface area contributed by atoms with E-state index in [0.717, 1.165) is 54.5 Å². The van der Waals surface area contributed by atoms with Crippen molar-refractivity contribution in [1.82, 2.24) is 29.4 Å². The van der Waals surface area contributed by atoms with Crippen LogP contribution >= 0.6 is 23.5 Å². The summed E-state index contributed by atoms with van der Waals surface area (Å²) in [5.74, 6) is 3.51. The van der Waals surface area contributed by atoms with Gasteiger partial charge in [-0.05, 0) is 151 Å². The van der Waals surface area contributed by atoms with E-state index < -0.39 is 40.7 Å². The van der Waals surface area contributed by atoms with Gasteiger partial charge >= 0.3 is 24.4 Å². The molecule has 3 rings (SSSR count). The highest BCUT2D eigenvalue weighted by molar-refractivity contribution is 7.99. The van der Waals surface area contributed by atoms with Gasteiger partial charge in [0, 0.05) is 89.1 Å². The predicted octanol–water partition coefficient (Wildman–Crippen LogP) is 8.93. The van der Waals surface area contributed by atoms with Crippen LogP contribution in [0, 0.1) is 0 Å². The standard InChI is InChI=1S/C48H82N6O9S2/c1-45(2,3)60-41(56)51-24-15-25-53(43(58)62-47(7,8)9)29-28-52(42(57)61-46(4,5)6)23-14-22-50(26-27-51)40(55)39-19-13-18-38(36-39)37-49-20-16-32-64-34-30-54(31-35-65-33-17-21-49)44(59)63-48(10,11)12/h13,18-19,36H,14-17,20-35,37H2,1-12H3. The summed E-state index contributed by atoms with van der Waals surface area (Å²) in [6.45, 7) is 27.9. The minimum Gasteiger partial charge on any atom is -0.444 e. The van der Waals surface area contributed by atoms with Crippen LogP contribution in [0.1, 0.15) is 125 Å². The van der Waals surface area contributed by atoms with Gasteiger partial charge in [0.15, 0.2) is 0 Å². The molecule has 0 N–H and O–H groups in total. The number of carbonyl (C=O) groups is 5. The number of nitrogens with zero attached hydrogens (tertiary/aromatic N) is 6. The molecule has 0 bridgehead atoms. The fourth-order valence-electron chi connectivity index (χ4n) is 7.03. The second-order valence-electron chi connectivity index (χ2n) is 20.8. The summed E-state index contributed by atoms with van der Waals surface area (Å²) < 4.78 is 23.0. The first-order valence-electron chi connectivity index (χ1n) is 23.5. The van der Waals surface area contributed by atoms with E-state index in [4.69, 9.17) is 18.9 Å². The van der Waals surface area contributed by atoms with Crippen LogP contribution in [0.3, 0.4) is 0 Å². The Morgan fingerprint density at radius 3 is 1.18 bits per heavy atom. The number of hydrogen-bond acceptors (Lipinski definition) is 12. The fraction of sp³-hybridized carbons (Fsp3) is 0.771. The highest BCUT2D eigenvalue weighted by atomic mass is 32.2. The lowest BCUT2D eigenvalue weighted by atomic mass is 10.1. The minimum absolute atomic E-state index is 0.155. The van der Waals surface area contributed by atoms with Crippen molar-refractivity contribution < 1.29 is 42.9 Å².